The maximum Gasteiger partial charge on any atom is 0.226 e. The summed E-state index contributed by atoms with van der Waals surface area (Å²) < 4.78 is 11.4. The molecule has 1 aromatic heterocycles. The van der Waals surface area contributed by atoms with Gasteiger partial charge in [-0.25, -0.2) is 4.98 Å². The normalized spacial score (nSPS) is 15.0. The van der Waals surface area contributed by atoms with Gasteiger partial charge >= 0.3 is 0 Å². The Bertz CT molecular complexity index is 931. The first kappa shape index (κ1) is 18.8. The van der Waals surface area contributed by atoms with Gasteiger partial charge in [-0.15, -0.1) is 0 Å². The van der Waals surface area contributed by atoms with Gasteiger partial charge in [0.1, 0.15) is 11.5 Å². The second-order valence-electron chi connectivity index (χ2n) is 6.96. The van der Waals surface area contributed by atoms with Gasteiger partial charge in [-0.05, 0) is 43.3 Å². The van der Waals surface area contributed by atoms with E-state index in [0.717, 1.165) is 61.2 Å². The lowest BCUT2D eigenvalue weighted by Crippen LogP contribution is -2.46. The van der Waals surface area contributed by atoms with Gasteiger partial charge in [-0.2, -0.15) is 0 Å². The molecule has 5 nitrogen and oxygen atoms in total. The molecule has 0 unspecified atom stereocenters. The number of nitrogens with zero attached hydrogens (tertiary/aromatic N) is 3. The van der Waals surface area contributed by atoms with E-state index < -0.39 is 0 Å². The topological polar surface area (TPSA) is 41.7 Å². The molecule has 0 bridgehead atoms. The number of piperazine rings is 1. The molecule has 2 aromatic carbocycles. The second-order valence-corrected chi connectivity index (χ2v) is 7.40. The summed E-state index contributed by atoms with van der Waals surface area (Å²) >= 11 is 5.97. The van der Waals surface area contributed by atoms with E-state index in [1.807, 2.05) is 43.3 Å². The molecule has 0 saturated carbocycles. The number of anilines is 1. The molecule has 146 valence electrons. The van der Waals surface area contributed by atoms with Gasteiger partial charge in [0.25, 0.3) is 0 Å². The van der Waals surface area contributed by atoms with Crippen molar-refractivity contribution in [2.24, 2.45) is 0 Å². The maximum absolute atomic E-state index is 5.97. The maximum atomic E-state index is 5.97. The summed E-state index contributed by atoms with van der Waals surface area (Å²) in [5, 5.41) is 0.708. The first-order valence-corrected chi connectivity index (χ1v) is 9.84. The van der Waals surface area contributed by atoms with E-state index in [4.69, 9.17) is 25.7 Å². The van der Waals surface area contributed by atoms with Crippen LogP contribution in [-0.2, 0) is 6.54 Å². The lowest BCUT2D eigenvalue weighted by molar-refractivity contribution is 0.245. The van der Waals surface area contributed by atoms with Gasteiger partial charge in [0, 0.05) is 43.3 Å². The Balaban J connectivity index is 1.40. The fourth-order valence-corrected chi connectivity index (χ4v) is 3.67. The molecule has 0 N–H and O–H groups in total. The van der Waals surface area contributed by atoms with Crippen molar-refractivity contribution >= 4 is 17.3 Å². The largest absolute Gasteiger partial charge is 0.495 e. The Morgan fingerprint density at radius 2 is 1.75 bits per heavy atom. The SMILES string of the molecule is COc1ccccc1N1CCN(Cc2nc(-c3ccc(Cl)cc3)oc2C)CC1. The number of hydrogen-bond donors (Lipinski definition) is 0. The van der Waals surface area contributed by atoms with Gasteiger partial charge in [-0.1, -0.05) is 23.7 Å². The highest BCUT2D eigenvalue weighted by Crippen LogP contribution is 2.29. The number of methoxy groups -OCH3 is 1. The third-order valence-electron chi connectivity index (χ3n) is 5.16. The summed E-state index contributed by atoms with van der Waals surface area (Å²) in [6, 6.07) is 15.8. The van der Waals surface area contributed by atoms with Crippen molar-refractivity contribution in [3.05, 3.63) is 65.0 Å². The Labute approximate surface area is 170 Å². The van der Waals surface area contributed by atoms with Crippen LogP contribution < -0.4 is 9.64 Å². The molecule has 1 fully saturated rings. The molecular weight excluding hydrogens is 374 g/mol. The lowest BCUT2D eigenvalue weighted by atomic mass is 10.2. The van der Waals surface area contributed by atoms with Crippen molar-refractivity contribution in [3.63, 3.8) is 0 Å². The van der Waals surface area contributed by atoms with Gasteiger partial charge in [-0.3, -0.25) is 4.90 Å². The van der Waals surface area contributed by atoms with Crippen LogP contribution in [0.1, 0.15) is 11.5 Å². The summed E-state index contributed by atoms with van der Waals surface area (Å²) in [6.45, 7) is 6.64. The minimum absolute atomic E-state index is 0.650. The molecule has 0 radical (unpaired) electrons. The van der Waals surface area contributed by atoms with Crippen molar-refractivity contribution in [2.75, 3.05) is 38.2 Å². The fourth-order valence-electron chi connectivity index (χ4n) is 3.54. The number of halogens is 1. The molecule has 6 heteroatoms. The zero-order valence-electron chi connectivity index (χ0n) is 16.2. The van der Waals surface area contributed by atoms with E-state index in [9.17, 15) is 0 Å². The first-order chi connectivity index (χ1) is 13.6. The first-order valence-electron chi connectivity index (χ1n) is 9.46. The second kappa shape index (κ2) is 8.25. The Kier molecular flexibility index (Phi) is 5.55. The summed E-state index contributed by atoms with van der Waals surface area (Å²) in [7, 11) is 1.72. The molecule has 0 atom stereocenters. The minimum Gasteiger partial charge on any atom is -0.495 e. The number of aromatic nitrogens is 1. The molecule has 0 spiro atoms. The van der Waals surface area contributed by atoms with Crippen LogP contribution in [0, 0.1) is 6.92 Å². The van der Waals surface area contributed by atoms with Gasteiger partial charge in [0.2, 0.25) is 5.89 Å². The number of para-hydroxylation sites is 2. The smallest absolute Gasteiger partial charge is 0.226 e. The number of rotatable bonds is 5. The molecule has 1 saturated heterocycles. The molecule has 28 heavy (non-hydrogen) atoms. The monoisotopic (exact) mass is 397 g/mol. The van der Waals surface area contributed by atoms with Crippen LogP contribution in [0.3, 0.4) is 0 Å². The number of hydrogen-bond acceptors (Lipinski definition) is 5. The zero-order valence-corrected chi connectivity index (χ0v) is 16.9. The summed E-state index contributed by atoms with van der Waals surface area (Å²) in [5.74, 6) is 2.45. The Hall–Kier alpha value is -2.50. The van der Waals surface area contributed by atoms with Crippen LogP contribution in [0.5, 0.6) is 5.75 Å². The number of benzene rings is 2. The van der Waals surface area contributed by atoms with Crippen molar-refractivity contribution < 1.29 is 9.15 Å². The minimum atomic E-state index is 0.650. The van der Waals surface area contributed by atoms with Crippen LogP contribution in [0.4, 0.5) is 5.69 Å². The predicted octanol–water partition coefficient (Wildman–Crippen LogP) is 4.63. The highest BCUT2D eigenvalue weighted by atomic mass is 35.5. The van der Waals surface area contributed by atoms with Crippen LogP contribution in [0.2, 0.25) is 5.02 Å². The summed E-state index contributed by atoms with van der Waals surface area (Å²) in [6.07, 6.45) is 0. The van der Waals surface area contributed by atoms with E-state index in [0.29, 0.717) is 10.9 Å². The molecule has 0 aliphatic carbocycles. The molecule has 1 aliphatic heterocycles. The van der Waals surface area contributed by atoms with Gasteiger partial charge in [0.05, 0.1) is 18.5 Å². The van der Waals surface area contributed by atoms with Crippen LogP contribution in [0.25, 0.3) is 11.5 Å². The van der Waals surface area contributed by atoms with Gasteiger partial charge < -0.3 is 14.1 Å². The van der Waals surface area contributed by atoms with Crippen molar-refractivity contribution in [1.29, 1.82) is 0 Å². The highest BCUT2D eigenvalue weighted by Gasteiger charge is 2.21. The van der Waals surface area contributed by atoms with E-state index in [1.54, 1.807) is 7.11 Å². The van der Waals surface area contributed by atoms with E-state index in [1.165, 1.54) is 0 Å². The lowest BCUT2D eigenvalue weighted by Gasteiger charge is -2.36. The number of ether oxygens (including phenoxy) is 1. The predicted molar refractivity (Wildman–Crippen MR) is 112 cm³/mol. The van der Waals surface area contributed by atoms with E-state index in [2.05, 4.69) is 21.9 Å². The average molecular weight is 398 g/mol. The van der Waals surface area contributed by atoms with E-state index in [-0.39, 0.29) is 0 Å². The Morgan fingerprint density at radius 1 is 1.04 bits per heavy atom. The third kappa shape index (κ3) is 4.01. The molecular formula is C22H24ClN3O2. The number of aryl methyl sites for hydroxylation is 1. The van der Waals surface area contributed by atoms with Crippen molar-refractivity contribution in [1.82, 2.24) is 9.88 Å². The molecule has 0 amide bonds. The molecule has 4 rings (SSSR count). The summed E-state index contributed by atoms with van der Waals surface area (Å²) in [5.41, 5.74) is 3.10. The fraction of sp³-hybridized carbons (Fsp3) is 0.318. The van der Waals surface area contributed by atoms with Gasteiger partial charge in [0.15, 0.2) is 0 Å². The molecule has 2 heterocycles. The highest BCUT2D eigenvalue weighted by molar-refractivity contribution is 6.30. The molecule has 3 aromatic rings. The Morgan fingerprint density at radius 3 is 2.46 bits per heavy atom. The van der Waals surface area contributed by atoms with Crippen LogP contribution >= 0.6 is 11.6 Å². The summed E-state index contributed by atoms with van der Waals surface area (Å²) in [4.78, 5) is 9.52. The third-order valence-corrected chi connectivity index (χ3v) is 5.41. The standard InChI is InChI=1S/C22H24ClN3O2/c1-16-19(24-22(28-16)17-7-9-18(23)10-8-17)15-25-11-13-26(14-12-25)20-5-3-4-6-21(20)27-2/h3-10H,11-15H2,1-2H3. The molecule has 1 aliphatic rings. The van der Waals surface area contributed by atoms with Crippen LogP contribution in [0.15, 0.2) is 52.9 Å². The quantitative estimate of drug-likeness (QED) is 0.627. The zero-order chi connectivity index (χ0) is 19.5. The average Bonchev–Trinajstić information content (AvgIpc) is 3.09. The number of oxazole rings is 1. The van der Waals surface area contributed by atoms with Crippen LogP contribution in [-0.4, -0.2) is 43.2 Å². The van der Waals surface area contributed by atoms with E-state index >= 15 is 0 Å². The van der Waals surface area contributed by atoms with Crippen molar-refractivity contribution in [2.45, 2.75) is 13.5 Å². The van der Waals surface area contributed by atoms with Crippen molar-refractivity contribution in [3.8, 4) is 17.2 Å².